The summed E-state index contributed by atoms with van der Waals surface area (Å²) in [6.07, 6.45) is 0.670. The predicted octanol–water partition coefficient (Wildman–Crippen LogP) is 2.10. The molecule has 0 saturated carbocycles. The van der Waals surface area contributed by atoms with E-state index >= 15 is 0 Å². The predicted molar refractivity (Wildman–Crippen MR) is 64.2 cm³/mol. The van der Waals surface area contributed by atoms with Crippen LogP contribution in [-0.4, -0.2) is 25.9 Å². The van der Waals surface area contributed by atoms with Crippen LogP contribution in [0.5, 0.6) is 5.75 Å². The average molecular weight is 274 g/mol. The van der Waals surface area contributed by atoms with E-state index in [0.717, 1.165) is 15.8 Å². The molecule has 0 aliphatic carbocycles. The topological polar surface area (TPSA) is 41.5 Å². The van der Waals surface area contributed by atoms with Gasteiger partial charge in [-0.1, -0.05) is 15.9 Å². The number of rotatable bonds is 5. The number of hydrogen-bond acceptors (Lipinski definition) is 3. The first-order valence-corrected chi connectivity index (χ1v) is 5.63. The standard InChI is InChI=1S/C11H16BrNO2/c1-13-10(5-6-14)9-7-8(12)3-4-11(9)15-2/h3-4,7,10,13-14H,5-6H2,1-2H3. The first kappa shape index (κ1) is 12.5. The number of benzene rings is 1. The summed E-state index contributed by atoms with van der Waals surface area (Å²) in [6, 6.07) is 5.98. The lowest BCUT2D eigenvalue weighted by atomic mass is 10.0. The number of hydrogen-bond donors (Lipinski definition) is 2. The highest BCUT2D eigenvalue weighted by atomic mass is 79.9. The van der Waals surface area contributed by atoms with Crippen LogP contribution in [0.4, 0.5) is 0 Å². The molecule has 2 N–H and O–H groups in total. The Balaban J connectivity index is 3.02. The molecule has 0 saturated heterocycles. The highest BCUT2D eigenvalue weighted by molar-refractivity contribution is 9.10. The van der Waals surface area contributed by atoms with Crippen LogP contribution in [0.25, 0.3) is 0 Å². The molecule has 0 fully saturated rings. The van der Waals surface area contributed by atoms with Crippen molar-refractivity contribution < 1.29 is 9.84 Å². The van der Waals surface area contributed by atoms with Gasteiger partial charge >= 0.3 is 0 Å². The molecule has 0 radical (unpaired) electrons. The Bertz CT molecular complexity index is 317. The molecule has 1 aromatic carbocycles. The highest BCUT2D eigenvalue weighted by Crippen LogP contribution is 2.29. The van der Waals surface area contributed by atoms with Crippen LogP contribution in [0, 0.1) is 0 Å². The zero-order valence-corrected chi connectivity index (χ0v) is 10.5. The monoisotopic (exact) mass is 273 g/mol. The van der Waals surface area contributed by atoms with Gasteiger partial charge in [0.1, 0.15) is 5.75 Å². The van der Waals surface area contributed by atoms with E-state index in [1.165, 1.54) is 0 Å². The molecule has 4 heteroatoms. The molecule has 3 nitrogen and oxygen atoms in total. The molecule has 0 aromatic heterocycles. The van der Waals surface area contributed by atoms with Crippen LogP contribution in [0.3, 0.4) is 0 Å². The number of aliphatic hydroxyl groups excluding tert-OH is 1. The van der Waals surface area contributed by atoms with Gasteiger partial charge in [0.25, 0.3) is 0 Å². The van der Waals surface area contributed by atoms with Crippen molar-refractivity contribution in [3.05, 3.63) is 28.2 Å². The molecule has 0 spiro atoms. The largest absolute Gasteiger partial charge is 0.496 e. The molecule has 1 atom stereocenters. The van der Waals surface area contributed by atoms with E-state index < -0.39 is 0 Å². The minimum absolute atomic E-state index is 0.113. The van der Waals surface area contributed by atoms with Crippen molar-refractivity contribution in [1.29, 1.82) is 0 Å². The summed E-state index contributed by atoms with van der Waals surface area (Å²) in [4.78, 5) is 0. The van der Waals surface area contributed by atoms with E-state index in [1.54, 1.807) is 7.11 Å². The Morgan fingerprint density at radius 2 is 2.27 bits per heavy atom. The van der Waals surface area contributed by atoms with E-state index in [2.05, 4.69) is 21.2 Å². The van der Waals surface area contributed by atoms with Gasteiger partial charge in [0.15, 0.2) is 0 Å². The maximum Gasteiger partial charge on any atom is 0.123 e. The number of halogens is 1. The number of nitrogens with one attached hydrogen (secondary N) is 1. The first-order valence-electron chi connectivity index (χ1n) is 4.84. The molecule has 1 aromatic rings. The van der Waals surface area contributed by atoms with Crippen molar-refractivity contribution in [2.75, 3.05) is 20.8 Å². The Labute approximate surface area is 98.6 Å². The summed E-state index contributed by atoms with van der Waals surface area (Å²) in [5, 5.41) is 12.1. The Morgan fingerprint density at radius 1 is 1.53 bits per heavy atom. The van der Waals surface area contributed by atoms with Gasteiger partial charge in [-0.3, -0.25) is 0 Å². The van der Waals surface area contributed by atoms with Crippen molar-refractivity contribution in [2.45, 2.75) is 12.5 Å². The van der Waals surface area contributed by atoms with Crippen molar-refractivity contribution in [1.82, 2.24) is 5.32 Å². The third-order valence-electron chi connectivity index (χ3n) is 2.33. The molecular weight excluding hydrogens is 258 g/mol. The normalized spacial score (nSPS) is 12.5. The third kappa shape index (κ3) is 3.19. The maximum atomic E-state index is 8.97. The maximum absolute atomic E-state index is 8.97. The minimum atomic E-state index is 0.113. The number of methoxy groups -OCH3 is 1. The second-order valence-corrected chi connectivity index (χ2v) is 4.16. The smallest absolute Gasteiger partial charge is 0.123 e. The summed E-state index contributed by atoms with van der Waals surface area (Å²) in [5.74, 6) is 0.839. The van der Waals surface area contributed by atoms with Crippen molar-refractivity contribution in [2.24, 2.45) is 0 Å². The summed E-state index contributed by atoms with van der Waals surface area (Å²) in [6.45, 7) is 0.154. The summed E-state index contributed by atoms with van der Waals surface area (Å²) < 4.78 is 6.30. The van der Waals surface area contributed by atoms with E-state index in [-0.39, 0.29) is 12.6 Å². The van der Waals surface area contributed by atoms with Gasteiger partial charge in [0.05, 0.1) is 7.11 Å². The molecule has 0 aliphatic heterocycles. The zero-order valence-electron chi connectivity index (χ0n) is 8.96. The van der Waals surface area contributed by atoms with Crippen LogP contribution in [0.1, 0.15) is 18.0 Å². The average Bonchev–Trinajstić information content (AvgIpc) is 2.26. The molecule has 0 bridgehead atoms. The van der Waals surface area contributed by atoms with E-state index in [9.17, 15) is 0 Å². The van der Waals surface area contributed by atoms with Gasteiger partial charge in [0, 0.05) is 22.7 Å². The third-order valence-corrected chi connectivity index (χ3v) is 2.83. The molecule has 1 unspecified atom stereocenters. The summed E-state index contributed by atoms with van der Waals surface area (Å²) in [5.41, 5.74) is 1.06. The van der Waals surface area contributed by atoms with Crippen LogP contribution in [0.15, 0.2) is 22.7 Å². The molecule has 0 heterocycles. The fourth-order valence-electron chi connectivity index (χ4n) is 1.56. The summed E-state index contributed by atoms with van der Waals surface area (Å²) in [7, 11) is 3.53. The quantitative estimate of drug-likeness (QED) is 0.864. The zero-order chi connectivity index (χ0) is 11.3. The lowest BCUT2D eigenvalue weighted by molar-refractivity contribution is 0.267. The molecule has 15 heavy (non-hydrogen) atoms. The van der Waals surface area contributed by atoms with Crippen LogP contribution < -0.4 is 10.1 Å². The van der Waals surface area contributed by atoms with Gasteiger partial charge in [0.2, 0.25) is 0 Å². The van der Waals surface area contributed by atoms with Crippen molar-refractivity contribution in [3.8, 4) is 5.75 Å². The number of aliphatic hydroxyl groups is 1. The lowest BCUT2D eigenvalue weighted by Gasteiger charge is -2.18. The fourth-order valence-corrected chi connectivity index (χ4v) is 1.94. The minimum Gasteiger partial charge on any atom is -0.496 e. The van der Waals surface area contributed by atoms with E-state index in [4.69, 9.17) is 9.84 Å². The molecule has 0 aliphatic rings. The van der Waals surface area contributed by atoms with Gasteiger partial charge in [-0.05, 0) is 31.7 Å². The highest BCUT2D eigenvalue weighted by Gasteiger charge is 2.13. The van der Waals surface area contributed by atoms with Gasteiger partial charge < -0.3 is 15.2 Å². The van der Waals surface area contributed by atoms with Crippen molar-refractivity contribution in [3.63, 3.8) is 0 Å². The molecule has 0 amide bonds. The first-order chi connectivity index (χ1) is 7.22. The second kappa shape index (κ2) is 6.10. The summed E-state index contributed by atoms with van der Waals surface area (Å²) >= 11 is 3.43. The molecule has 84 valence electrons. The van der Waals surface area contributed by atoms with Gasteiger partial charge in [-0.25, -0.2) is 0 Å². The Kier molecular flexibility index (Phi) is 5.08. The molecule has 1 rings (SSSR count). The molecular formula is C11H16BrNO2. The van der Waals surface area contributed by atoms with E-state index in [1.807, 2.05) is 25.2 Å². The second-order valence-electron chi connectivity index (χ2n) is 3.24. The Morgan fingerprint density at radius 3 is 2.80 bits per heavy atom. The Hall–Kier alpha value is -0.580. The van der Waals surface area contributed by atoms with Crippen LogP contribution in [0.2, 0.25) is 0 Å². The van der Waals surface area contributed by atoms with Crippen LogP contribution >= 0.6 is 15.9 Å². The van der Waals surface area contributed by atoms with Crippen LogP contribution in [-0.2, 0) is 0 Å². The van der Waals surface area contributed by atoms with Crippen molar-refractivity contribution >= 4 is 15.9 Å². The number of ether oxygens (including phenoxy) is 1. The van der Waals surface area contributed by atoms with Gasteiger partial charge in [-0.15, -0.1) is 0 Å². The van der Waals surface area contributed by atoms with E-state index in [0.29, 0.717) is 6.42 Å². The lowest BCUT2D eigenvalue weighted by Crippen LogP contribution is -2.18. The fraction of sp³-hybridized carbons (Fsp3) is 0.455. The SMILES string of the molecule is CNC(CCO)c1cc(Br)ccc1OC. The van der Waals surface area contributed by atoms with Gasteiger partial charge in [-0.2, -0.15) is 0 Å².